The molecule has 7 aliphatic rings. The summed E-state index contributed by atoms with van der Waals surface area (Å²) in [6.07, 6.45) is 10.0. The zero-order valence-electron chi connectivity index (χ0n) is 13.6. The smallest absolute Gasteiger partial charge is 0.182 e. The van der Waals surface area contributed by atoms with Crippen molar-refractivity contribution in [2.24, 2.45) is 51.8 Å². The highest BCUT2D eigenvalue weighted by Gasteiger charge is 2.99. The Labute approximate surface area is 136 Å². The number of ketones is 1. The van der Waals surface area contributed by atoms with Gasteiger partial charge in [-0.15, -0.1) is 0 Å². The Morgan fingerprint density at radius 2 is 1.74 bits per heavy atom. The number of Topliss-reactive ketones (excluding diaryl/α,β-unsaturated/α-hetero) is 1. The molecule has 2 bridgehead atoms. The topological polar surface area (TPSA) is 35.5 Å². The van der Waals surface area contributed by atoms with Crippen molar-refractivity contribution in [1.82, 2.24) is 0 Å². The molecule has 6 fully saturated rings. The van der Waals surface area contributed by atoms with Gasteiger partial charge in [0.2, 0.25) is 0 Å². The van der Waals surface area contributed by atoms with Crippen molar-refractivity contribution < 1.29 is 14.3 Å². The van der Waals surface area contributed by atoms with Crippen molar-refractivity contribution in [2.75, 3.05) is 13.2 Å². The van der Waals surface area contributed by atoms with Gasteiger partial charge in [-0.3, -0.25) is 4.79 Å². The quantitative estimate of drug-likeness (QED) is 0.690. The van der Waals surface area contributed by atoms with Gasteiger partial charge < -0.3 is 9.47 Å². The standard InChI is InChI=1S/C20H22O3/c1-17(2)8-22-20(23-9-17)13-11-7-10-12(13)16(21)18-5-3-4-6-19(18,20)15(11)14(10)18/h3-6,10-15H,7-9H2,1-2H3/t10-,11+,12?,13?,14?,15?,18?,19?/m1/s1. The van der Waals surface area contributed by atoms with Crippen LogP contribution in [0.2, 0.25) is 0 Å². The van der Waals surface area contributed by atoms with Crippen LogP contribution in [0.3, 0.4) is 0 Å². The molecule has 0 N–H and O–H groups in total. The normalized spacial score (nSPS) is 63.1. The molecular weight excluding hydrogens is 288 g/mol. The fourth-order valence-corrected chi connectivity index (χ4v) is 8.66. The van der Waals surface area contributed by atoms with Crippen LogP contribution in [0.4, 0.5) is 0 Å². The molecule has 7 rings (SSSR count). The summed E-state index contributed by atoms with van der Waals surface area (Å²) in [6.45, 7) is 5.91. The maximum absolute atomic E-state index is 13.4. The lowest BCUT2D eigenvalue weighted by atomic mass is 9.37. The number of carbonyl (C=O) groups excluding carboxylic acids is 1. The molecule has 0 aromatic heterocycles. The first-order valence-corrected chi connectivity index (χ1v) is 9.20. The average molecular weight is 310 g/mol. The van der Waals surface area contributed by atoms with Gasteiger partial charge in [-0.25, -0.2) is 0 Å². The number of hydrogen-bond acceptors (Lipinski definition) is 3. The molecule has 3 nitrogen and oxygen atoms in total. The van der Waals surface area contributed by atoms with Crippen molar-refractivity contribution in [3.8, 4) is 0 Å². The second-order valence-corrected chi connectivity index (χ2v) is 9.90. The summed E-state index contributed by atoms with van der Waals surface area (Å²) < 4.78 is 13.3. The Morgan fingerprint density at radius 3 is 2.52 bits per heavy atom. The molecule has 1 aliphatic heterocycles. The first kappa shape index (κ1) is 12.4. The summed E-state index contributed by atoms with van der Waals surface area (Å²) in [5, 5.41) is 0. The van der Waals surface area contributed by atoms with Crippen molar-refractivity contribution in [1.29, 1.82) is 0 Å². The van der Waals surface area contributed by atoms with Crippen LogP contribution >= 0.6 is 0 Å². The van der Waals surface area contributed by atoms with E-state index in [2.05, 4.69) is 38.2 Å². The first-order chi connectivity index (χ1) is 11.0. The molecule has 120 valence electrons. The summed E-state index contributed by atoms with van der Waals surface area (Å²) in [5.74, 6) is 2.95. The second kappa shape index (κ2) is 3.01. The van der Waals surface area contributed by atoms with E-state index in [1.807, 2.05) is 0 Å². The van der Waals surface area contributed by atoms with Crippen LogP contribution in [-0.2, 0) is 14.3 Å². The van der Waals surface area contributed by atoms with E-state index in [0.29, 0.717) is 35.4 Å². The van der Waals surface area contributed by atoms with Gasteiger partial charge in [-0.05, 0) is 30.1 Å². The third kappa shape index (κ3) is 0.830. The molecule has 23 heavy (non-hydrogen) atoms. The molecule has 6 aliphatic carbocycles. The van der Waals surface area contributed by atoms with Gasteiger partial charge in [0.05, 0.1) is 24.0 Å². The van der Waals surface area contributed by atoms with Crippen LogP contribution in [0.25, 0.3) is 0 Å². The number of fused-ring (bicyclic) bond motifs is 2. The van der Waals surface area contributed by atoms with Crippen LogP contribution in [0, 0.1) is 51.8 Å². The van der Waals surface area contributed by atoms with Crippen molar-refractivity contribution in [2.45, 2.75) is 26.1 Å². The van der Waals surface area contributed by atoms with Crippen LogP contribution < -0.4 is 0 Å². The Hall–Kier alpha value is -0.930. The van der Waals surface area contributed by atoms with Gasteiger partial charge in [-0.2, -0.15) is 0 Å². The van der Waals surface area contributed by atoms with Crippen LogP contribution in [0.1, 0.15) is 20.3 Å². The molecule has 1 saturated heterocycles. The summed E-state index contributed by atoms with van der Waals surface area (Å²) in [7, 11) is 0. The number of hydrogen-bond donors (Lipinski definition) is 0. The van der Waals surface area contributed by atoms with Crippen LogP contribution in [0.5, 0.6) is 0 Å². The third-order valence-electron chi connectivity index (χ3n) is 8.81. The Bertz CT molecular complexity index is 738. The lowest BCUT2D eigenvalue weighted by molar-refractivity contribution is -0.384. The van der Waals surface area contributed by atoms with Gasteiger partial charge in [0.15, 0.2) is 5.79 Å². The molecule has 1 heterocycles. The molecule has 3 spiro atoms. The third-order valence-corrected chi connectivity index (χ3v) is 8.81. The van der Waals surface area contributed by atoms with Gasteiger partial charge >= 0.3 is 0 Å². The maximum Gasteiger partial charge on any atom is 0.182 e. The molecule has 0 amide bonds. The zero-order chi connectivity index (χ0) is 15.4. The molecule has 0 radical (unpaired) electrons. The van der Waals surface area contributed by atoms with E-state index in [0.717, 1.165) is 13.2 Å². The monoisotopic (exact) mass is 310 g/mol. The van der Waals surface area contributed by atoms with Crippen molar-refractivity contribution >= 4 is 5.78 Å². The molecule has 8 atom stereocenters. The Balaban J connectivity index is 1.52. The van der Waals surface area contributed by atoms with E-state index in [1.54, 1.807) is 0 Å². The minimum absolute atomic E-state index is 0.0697. The zero-order valence-corrected chi connectivity index (χ0v) is 13.6. The van der Waals surface area contributed by atoms with Gasteiger partial charge in [0.1, 0.15) is 5.78 Å². The molecule has 0 aromatic carbocycles. The lowest BCUT2D eigenvalue weighted by Crippen LogP contribution is -2.75. The SMILES string of the molecule is CC1(C)COC2(OC1)C1C3C(=O)C45C=CC=CC24C2C5[C@@H]3C[C@@H]12. The molecular formula is C20H22O3. The van der Waals surface area contributed by atoms with E-state index in [9.17, 15) is 4.79 Å². The number of allylic oxidation sites excluding steroid dienone is 3. The number of rotatable bonds is 0. The van der Waals surface area contributed by atoms with Gasteiger partial charge in [-0.1, -0.05) is 38.2 Å². The summed E-state index contributed by atoms with van der Waals surface area (Å²) in [5.41, 5.74) is -0.435. The van der Waals surface area contributed by atoms with Crippen LogP contribution in [0.15, 0.2) is 24.3 Å². The van der Waals surface area contributed by atoms with E-state index in [4.69, 9.17) is 9.47 Å². The number of ether oxygens (including phenoxy) is 2. The lowest BCUT2D eigenvalue weighted by Gasteiger charge is -2.68. The van der Waals surface area contributed by atoms with Crippen molar-refractivity contribution in [3.05, 3.63) is 24.3 Å². The minimum Gasteiger partial charge on any atom is -0.348 e. The average Bonchev–Trinajstić information content (AvgIpc) is 3.07. The summed E-state index contributed by atoms with van der Waals surface area (Å²) in [4.78, 5) is 13.4. The molecule has 5 saturated carbocycles. The Morgan fingerprint density at radius 1 is 1.00 bits per heavy atom. The highest BCUT2D eigenvalue weighted by molar-refractivity contribution is 5.99. The fourth-order valence-electron chi connectivity index (χ4n) is 8.66. The summed E-state index contributed by atoms with van der Waals surface area (Å²) >= 11 is 0. The second-order valence-electron chi connectivity index (χ2n) is 9.90. The molecule has 3 heteroatoms. The highest BCUT2D eigenvalue weighted by Crippen LogP contribution is 2.95. The predicted octanol–water partition coefficient (Wildman–Crippen LogP) is 2.58. The van der Waals surface area contributed by atoms with Crippen molar-refractivity contribution in [3.63, 3.8) is 0 Å². The highest BCUT2D eigenvalue weighted by atomic mass is 16.7. The van der Waals surface area contributed by atoms with Gasteiger partial charge in [0, 0.05) is 17.3 Å². The van der Waals surface area contributed by atoms with E-state index < -0.39 is 5.79 Å². The molecule has 0 aromatic rings. The fraction of sp³-hybridized carbons (Fsp3) is 0.750. The van der Waals surface area contributed by atoms with Gasteiger partial charge in [0.25, 0.3) is 0 Å². The van der Waals surface area contributed by atoms with E-state index >= 15 is 0 Å². The Kier molecular flexibility index (Phi) is 1.63. The van der Waals surface area contributed by atoms with E-state index in [-0.39, 0.29) is 22.2 Å². The van der Waals surface area contributed by atoms with E-state index in [1.165, 1.54) is 6.42 Å². The summed E-state index contributed by atoms with van der Waals surface area (Å²) in [6, 6.07) is 0. The maximum atomic E-state index is 13.4. The van der Waals surface area contributed by atoms with Crippen LogP contribution in [-0.4, -0.2) is 24.8 Å². The minimum atomic E-state index is -0.528. The largest absolute Gasteiger partial charge is 0.348 e. The predicted molar refractivity (Wildman–Crippen MR) is 82.1 cm³/mol. The number of carbonyl (C=O) groups is 1. The molecule has 6 unspecified atom stereocenters. The first-order valence-electron chi connectivity index (χ1n) is 9.20.